The number of nitriles is 1. The Morgan fingerprint density at radius 1 is 1.36 bits per heavy atom. The third-order valence-corrected chi connectivity index (χ3v) is 1.92. The van der Waals surface area contributed by atoms with Crippen molar-refractivity contribution in [2.75, 3.05) is 0 Å². The van der Waals surface area contributed by atoms with E-state index in [-0.39, 0.29) is 0 Å². The summed E-state index contributed by atoms with van der Waals surface area (Å²) >= 11 is 0. The molecule has 2 rings (SSSR count). The van der Waals surface area contributed by atoms with Crippen LogP contribution in [-0.2, 0) is 0 Å². The fraction of sp³-hybridized carbons (Fsp3) is 0.0909. The fourth-order valence-electron chi connectivity index (χ4n) is 1.32. The molecule has 0 amide bonds. The van der Waals surface area contributed by atoms with E-state index in [9.17, 15) is 0 Å². The van der Waals surface area contributed by atoms with E-state index in [1.807, 2.05) is 25.1 Å². The second-order valence-corrected chi connectivity index (χ2v) is 3.01. The highest BCUT2D eigenvalue weighted by atomic mass is 16.3. The molecular formula is C11H8N2O. The van der Waals surface area contributed by atoms with Crippen molar-refractivity contribution in [2.24, 2.45) is 0 Å². The Kier molecular flexibility index (Phi) is 2.04. The molecule has 0 spiro atoms. The Morgan fingerprint density at radius 2 is 2.21 bits per heavy atom. The van der Waals surface area contributed by atoms with Gasteiger partial charge in [-0.25, -0.2) is 4.98 Å². The highest BCUT2D eigenvalue weighted by Gasteiger charge is 2.02. The predicted molar refractivity (Wildman–Crippen MR) is 51.4 cm³/mol. The van der Waals surface area contributed by atoms with Gasteiger partial charge in [0.25, 0.3) is 0 Å². The Bertz CT molecular complexity index is 480. The number of aromatic nitrogens is 1. The van der Waals surface area contributed by atoms with Gasteiger partial charge in [0.05, 0.1) is 12.5 Å². The Balaban J connectivity index is 2.55. The molecule has 0 aromatic carbocycles. The van der Waals surface area contributed by atoms with Gasteiger partial charge < -0.3 is 4.42 Å². The van der Waals surface area contributed by atoms with Gasteiger partial charge in [0.2, 0.25) is 0 Å². The average molecular weight is 184 g/mol. The molecule has 0 N–H and O–H groups in total. The van der Waals surface area contributed by atoms with E-state index < -0.39 is 0 Å². The van der Waals surface area contributed by atoms with E-state index in [0.29, 0.717) is 5.69 Å². The minimum Gasteiger partial charge on any atom is -0.472 e. The molecule has 0 fully saturated rings. The number of rotatable bonds is 1. The number of nitrogens with zero attached hydrogens (tertiary/aromatic N) is 2. The largest absolute Gasteiger partial charge is 0.472 e. The van der Waals surface area contributed by atoms with Crippen LogP contribution in [0.1, 0.15) is 11.4 Å². The van der Waals surface area contributed by atoms with Gasteiger partial charge in [-0.3, -0.25) is 0 Å². The summed E-state index contributed by atoms with van der Waals surface area (Å²) < 4.78 is 4.98. The summed E-state index contributed by atoms with van der Waals surface area (Å²) in [4.78, 5) is 4.07. The van der Waals surface area contributed by atoms with Gasteiger partial charge >= 0.3 is 0 Å². The maximum Gasteiger partial charge on any atom is 0.141 e. The minimum atomic E-state index is 0.432. The normalized spacial score (nSPS) is 9.71. The van der Waals surface area contributed by atoms with Crippen LogP contribution in [0, 0.1) is 18.3 Å². The molecule has 0 bridgehead atoms. The third-order valence-electron chi connectivity index (χ3n) is 1.92. The second kappa shape index (κ2) is 3.35. The summed E-state index contributed by atoms with van der Waals surface area (Å²) in [5, 5.41) is 8.75. The van der Waals surface area contributed by atoms with E-state index in [1.54, 1.807) is 18.6 Å². The first kappa shape index (κ1) is 8.52. The summed E-state index contributed by atoms with van der Waals surface area (Å²) in [5.41, 5.74) is 3.19. The van der Waals surface area contributed by atoms with E-state index in [0.717, 1.165) is 16.8 Å². The van der Waals surface area contributed by atoms with Crippen molar-refractivity contribution in [2.45, 2.75) is 6.92 Å². The number of hydrogen-bond acceptors (Lipinski definition) is 3. The number of pyridine rings is 1. The van der Waals surface area contributed by atoms with Crippen LogP contribution in [0.3, 0.4) is 0 Å². The topological polar surface area (TPSA) is 49.8 Å². The second-order valence-electron chi connectivity index (χ2n) is 3.01. The smallest absolute Gasteiger partial charge is 0.141 e. The molecule has 3 nitrogen and oxygen atoms in total. The van der Waals surface area contributed by atoms with Gasteiger partial charge in [-0.2, -0.15) is 5.26 Å². The zero-order chi connectivity index (χ0) is 9.97. The van der Waals surface area contributed by atoms with Crippen molar-refractivity contribution in [3.05, 3.63) is 42.1 Å². The van der Waals surface area contributed by atoms with Crippen LogP contribution in [0.2, 0.25) is 0 Å². The Labute approximate surface area is 81.6 Å². The van der Waals surface area contributed by atoms with Gasteiger partial charge in [-0.15, -0.1) is 0 Å². The first-order chi connectivity index (χ1) is 6.79. The molecule has 0 aliphatic heterocycles. The summed E-state index contributed by atoms with van der Waals surface area (Å²) in [6.45, 7) is 1.87. The molecular weight excluding hydrogens is 176 g/mol. The lowest BCUT2D eigenvalue weighted by Gasteiger charge is -1.99. The van der Waals surface area contributed by atoms with Crippen LogP contribution < -0.4 is 0 Å². The van der Waals surface area contributed by atoms with Gasteiger partial charge in [-0.05, 0) is 30.7 Å². The summed E-state index contributed by atoms with van der Waals surface area (Å²) in [7, 11) is 0. The van der Waals surface area contributed by atoms with E-state index in [1.165, 1.54) is 0 Å². The van der Waals surface area contributed by atoms with Crippen molar-refractivity contribution in [1.29, 1.82) is 5.26 Å². The molecule has 3 heteroatoms. The standard InChI is InChI=1S/C11H8N2O/c1-8-4-10(5-11(6-12)13-8)9-2-3-14-7-9/h2-5,7H,1H3. The summed E-state index contributed by atoms with van der Waals surface area (Å²) in [6, 6.07) is 7.56. The monoisotopic (exact) mass is 184 g/mol. The molecule has 0 unspecified atom stereocenters. The average Bonchev–Trinajstić information content (AvgIpc) is 2.69. The Hall–Kier alpha value is -2.08. The van der Waals surface area contributed by atoms with Gasteiger partial charge in [0, 0.05) is 11.3 Å². The number of furan rings is 1. The molecule has 0 aliphatic carbocycles. The lowest BCUT2D eigenvalue weighted by molar-refractivity contribution is 0.568. The van der Waals surface area contributed by atoms with Crippen LogP contribution in [0.4, 0.5) is 0 Å². The first-order valence-electron chi connectivity index (χ1n) is 4.21. The maximum absolute atomic E-state index is 8.75. The lowest BCUT2D eigenvalue weighted by atomic mass is 10.1. The van der Waals surface area contributed by atoms with Gasteiger partial charge in [-0.1, -0.05) is 0 Å². The van der Waals surface area contributed by atoms with Crippen LogP contribution in [0.5, 0.6) is 0 Å². The molecule has 0 radical (unpaired) electrons. The predicted octanol–water partition coefficient (Wildman–Crippen LogP) is 2.52. The zero-order valence-corrected chi connectivity index (χ0v) is 7.69. The summed E-state index contributed by atoms with van der Waals surface area (Å²) in [6.07, 6.45) is 3.26. The van der Waals surface area contributed by atoms with Crippen molar-refractivity contribution < 1.29 is 4.42 Å². The van der Waals surface area contributed by atoms with Crippen molar-refractivity contribution in [3.63, 3.8) is 0 Å². The maximum atomic E-state index is 8.75. The minimum absolute atomic E-state index is 0.432. The molecule has 14 heavy (non-hydrogen) atoms. The highest BCUT2D eigenvalue weighted by molar-refractivity contribution is 5.63. The SMILES string of the molecule is Cc1cc(-c2ccoc2)cc(C#N)n1. The van der Waals surface area contributed by atoms with Gasteiger partial charge in [0.15, 0.2) is 0 Å². The van der Waals surface area contributed by atoms with Crippen LogP contribution in [0.15, 0.2) is 35.1 Å². The molecule has 2 aromatic heterocycles. The molecule has 0 atom stereocenters. The van der Waals surface area contributed by atoms with Gasteiger partial charge in [0.1, 0.15) is 11.8 Å². The van der Waals surface area contributed by atoms with Crippen molar-refractivity contribution >= 4 is 0 Å². The van der Waals surface area contributed by atoms with Crippen molar-refractivity contribution in [1.82, 2.24) is 4.98 Å². The molecule has 0 saturated heterocycles. The fourth-order valence-corrected chi connectivity index (χ4v) is 1.32. The number of aryl methyl sites for hydroxylation is 1. The lowest BCUT2D eigenvalue weighted by Crippen LogP contribution is -1.87. The van der Waals surface area contributed by atoms with E-state index >= 15 is 0 Å². The van der Waals surface area contributed by atoms with Crippen LogP contribution in [0.25, 0.3) is 11.1 Å². The van der Waals surface area contributed by atoms with E-state index in [4.69, 9.17) is 9.68 Å². The summed E-state index contributed by atoms with van der Waals surface area (Å²) in [5.74, 6) is 0. The zero-order valence-electron chi connectivity index (χ0n) is 7.69. The molecule has 0 aliphatic rings. The van der Waals surface area contributed by atoms with Crippen LogP contribution in [-0.4, -0.2) is 4.98 Å². The first-order valence-corrected chi connectivity index (χ1v) is 4.21. The van der Waals surface area contributed by atoms with E-state index in [2.05, 4.69) is 4.98 Å². The molecule has 0 saturated carbocycles. The highest BCUT2D eigenvalue weighted by Crippen LogP contribution is 2.20. The molecule has 2 heterocycles. The number of hydrogen-bond donors (Lipinski definition) is 0. The molecule has 2 aromatic rings. The molecule has 68 valence electrons. The Morgan fingerprint density at radius 3 is 2.86 bits per heavy atom. The van der Waals surface area contributed by atoms with Crippen LogP contribution >= 0.6 is 0 Å². The third kappa shape index (κ3) is 1.50. The van der Waals surface area contributed by atoms with Crippen molar-refractivity contribution in [3.8, 4) is 17.2 Å². The quantitative estimate of drug-likeness (QED) is 0.684.